The minimum atomic E-state index is -1.00. The van der Waals surface area contributed by atoms with Gasteiger partial charge in [-0.2, -0.15) is 11.3 Å². The number of hydrogen-bond acceptors (Lipinski definition) is 5. The number of benzene rings is 1. The van der Waals surface area contributed by atoms with Gasteiger partial charge < -0.3 is 26.8 Å². The van der Waals surface area contributed by atoms with Crippen LogP contribution in [0, 0.1) is 0 Å². The number of guanidine groups is 1. The maximum Gasteiger partial charge on any atom is 0.251 e. The molecule has 6 N–H and O–H groups in total. The first kappa shape index (κ1) is 22.4. The average molecular weight is 418 g/mol. The highest BCUT2D eigenvalue weighted by Crippen LogP contribution is 2.21. The van der Waals surface area contributed by atoms with E-state index in [0.29, 0.717) is 31.2 Å². The molecule has 156 valence electrons. The Hall–Kier alpha value is -2.91. The van der Waals surface area contributed by atoms with Gasteiger partial charge in [-0.25, -0.2) is 4.99 Å². The van der Waals surface area contributed by atoms with E-state index in [9.17, 15) is 14.7 Å². The topological polar surface area (TPSA) is 129 Å². The number of nitrogens with zero attached hydrogens (tertiary/aromatic N) is 1. The first-order chi connectivity index (χ1) is 13.8. The Bertz CT molecular complexity index is 832. The molecule has 9 heteroatoms. The predicted octanol–water partition coefficient (Wildman–Crippen LogP) is 0.926. The van der Waals surface area contributed by atoms with Crippen LogP contribution in [0.25, 0.3) is 0 Å². The molecule has 1 aromatic heterocycles. The summed E-state index contributed by atoms with van der Waals surface area (Å²) in [4.78, 5) is 27.2. The number of aliphatic imine (C=N–C) groups is 1. The van der Waals surface area contributed by atoms with Gasteiger partial charge >= 0.3 is 0 Å². The minimum Gasteiger partial charge on any atom is -0.384 e. The molecule has 2 amide bonds. The molecule has 1 heterocycles. The molecular weight excluding hydrogens is 390 g/mol. The second-order valence-corrected chi connectivity index (χ2v) is 7.46. The Morgan fingerprint density at radius 2 is 1.90 bits per heavy atom. The summed E-state index contributed by atoms with van der Waals surface area (Å²) >= 11 is 1.54. The monoisotopic (exact) mass is 417 g/mol. The van der Waals surface area contributed by atoms with Crippen LogP contribution in [0.1, 0.15) is 35.3 Å². The first-order valence-electron chi connectivity index (χ1n) is 9.24. The fourth-order valence-electron chi connectivity index (χ4n) is 2.47. The molecule has 1 aromatic carbocycles. The summed E-state index contributed by atoms with van der Waals surface area (Å²) in [6.07, 6.45) is 0. The molecule has 0 saturated heterocycles. The van der Waals surface area contributed by atoms with Crippen molar-refractivity contribution in [1.82, 2.24) is 16.0 Å². The van der Waals surface area contributed by atoms with Gasteiger partial charge in [0, 0.05) is 12.1 Å². The lowest BCUT2D eigenvalue weighted by molar-refractivity contribution is -0.117. The Labute approximate surface area is 174 Å². The van der Waals surface area contributed by atoms with E-state index >= 15 is 0 Å². The summed E-state index contributed by atoms with van der Waals surface area (Å²) in [5, 5.41) is 23.2. The summed E-state index contributed by atoms with van der Waals surface area (Å²) in [6.45, 7) is 4.93. The van der Waals surface area contributed by atoms with Crippen LogP contribution in [0.5, 0.6) is 0 Å². The minimum absolute atomic E-state index is 0.197. The highest BCUT2D eigenvalue weighted by atomic mass is 32.1. The summed E-state index contributed by atoms with van der Waals surface area (Å²) < 4.78 is 0. The number of rotatable bonds is 9. The van der Waals surface area contributed by atoms with Gasteiger partial charge in [0.1, 0.15) is 5.60 Å². The van der Waals surface area contributed by atoms with Crippen LogP contribution in [-0.4, -0.2) is 42.5 Å². The van der Waals surface area contributed by atoms with Crippen molar-refractivity contribution in [2.75, 3.05) is 19.6 Å². The highest BCUT2D eigenvalue weighted by molar-refractivity contribution is 7.08. The average Bonchev–Trinajstić information content (AvgIpc) is 3.24. The molecule has 29 heavy (non-hydrogen) atoms. The van der Waals surface area contributed by atoms with E-state index in [1.807, 2.05) is 23.8 Å². The van der Waals surface area contributed by atoms with E-state index in [1.54, 1.807) is 42.5 Å². The summed E-state index contributed by atoms with van der Waals surface area (Å²) in [5.41, 5.74) is 6.23. The van der Waals surface area contributed by atoms with Crippen LogP contribution < -0.4 is 21.7 Å². The fourth-order valence-corrected chi connectivity index (χ4v) is 3.25. The van der Waals surface area contributed by atoms with Gasteiger partial charge in [0.25, 0.3) is 5.91 Å². The summed E-state index contributed by atoms with van der Waals surface area (Å²) in [6, 6.07) is 8.84. The molecular formula is C20H27N5O3S. The van der Waals surface area contributed by atoms with Crippen molar-refractivity contribution >= 4 is 29.1 Å². The van der Waals surface area contributed by atoms with Crippen LogP contribution >= 0.6 is 11.3 Å². The first-order valence-corrected chi connectivity index (χ1v) is 10.2. The van der Waals surface area contributed by atoms with Crippen molar-refractivity contribution in [2.24, 2.45) is 10.7 Å². The number of aliphatic hydroxyl groups is 1. The zero-order chi connectivity index (χ0) is 21.3. The third-order valence-corrected chi connectivity index (χ3v) is 4.83. The highest BCUT2D eigenvalue weighted by Gasteiger charge is 2.23. The molecule has 0 spiro atoms. The molecule has 1 atom stereocenters. The lowest BCUT2D eigenvalue weighted by atomic mass is 9.99. The van der Waals surface area contributed by atoms with Gasteiger partial charge in [-0.15, -0.1) is 0 Å². The van der Waals surface area contributed by atoms with Crippen molar-refractivity contribution < 1.29 is 14.7 Å². The van der Waals surface area contributed by atoms with Gasteiger partial charge in [-0.1, -0.05) is 12.1 Å². The van der Waals surface area contributed by atoms with E-state index in [-0.39, 0.29) is 12.5 Å². The molecule has 0 aliphatic heterocycles. The van der Waals surface area contributed by atoms with Crippen LogP contribution in [0.2, 0.25) is 0 Å². The van der Waals surface area contributed by atoms with Gasteiger partial charge in [0.15, 0.2) is 5.96 Å². The molecule has 0 radical (unpaired) electrons. The third-order valence-electron chi connectivity index (χ3n) is 4.15. The molecule has 0 saturated carbocycles. The van der Waals surface area contributed by atoms with Gasteiger partial charge in [0.05, 0.1) is 19.6 Å². The second-order valence-electron chi connectivity index (χ2n) is 6.68. The lowest BCUT2D eigenvalue weighted by Gasteiger charge is -2.24. The van der Waals surface area contributed by atoms with Crippen molar-refractivity contribution in [2.45, 2.75) is 26.0 Å². The number of nitrogens with one attached hydrogen (secondary N) is 3. The SMILES string of the molecule is CCNC(=NCc1ccc(C(=O)NCC(N)=O)cc1)NCC(C)(O)c1ccsc1. The van der Waals surface area contributed by atoms with Gasteiger partial charge in [-0.05, 0) is 53.9 Å². The van der Waals surface area contributed by atoms with Crippen molar-refractivity contribution in [1.29, 1.82) is 0 Å². The summed E-state index contributed by atoms with van der Waals surface area (Å²) in [5.74, 6) is -0.360. The molecule has 8 nitrogen and oxygen atoms in total. The number of amides is 2. The Kier molecular flexibility index (Phi) is 8.17. The molecule has 2 rings (SSSR count). The predicted molar refractivity (Wildman–Crippen MR) is 115 cm³/mol. The normalized spacial score (nSPS) is 13.4. The zero-order valence-corrected chi connectivity index (χ0v) is 17.4. The number of hydrogen-bond donors (Lipinski definition) is 5. The largest absolute Gasteiger partial charge is 0.384 e. The zero-order valence-electron chi connectivity index (χ0n) is 16.6. The molecule has 0 fully saturated rings. The smallest absolute Gasteiger partial charge is 0.251 e. The maximum atomic E-state index is 11.9. The number of thiophene rings is 1. The van der Waals surface area contributed by atoms with E-state index in [1.165, 1.54) is 0 Å². The molecule has 0 aliphatic carbocycles. The van der Waals surface area contributed by atoms with E-state index in [2.05, 4.69) is 20.9 Å². The Morgan fingerprint density at radius 1 is 1.17 bits per heavy atom. The van der Waals surface area contributed by atoms with Gasteiger partial charge in [0.2, 0.25) is 5.91 Å². The lowest BCUT2D eigenvalue weighted by Crippen LogP contribution is -2.44. The third kappa shape index (κ3) is 7.20. The quantitative estimate of drug-likeness (QED) is 0.306. The van der Waals surface area contributed by atoms with Crippen molar-refractivity contribution in [3.63, 3.8) is 0 Å². The molecule has 2 aromatic rings. The van der Waals surface area contributed by atoms with E-state index < -0.39 is 11.5 Å². The molecule has 0 bridgehead atoms. The van der Waals surface area contributed by atoms with Crippen molar-refractivity contribution in [3.05, 3.63) is 57.8 Å². The van der Waals surface area contributed by atoms with Crippen LogP contribution in [0.4, 0.5) is 0 Å². The number of primary amides is 1. The van der Waals surface area contributed by atoms with E-state index in [0.717, 1.165) is 11.1 Å². The van der Waals surface area contributed by atoms with Crippen LogP contribution in [0.15, 0.2) is 46.1 Å². The summed E-state index contributed by atoms with van der Waals surface area (Å²) in [7, 11) is 0. The van der Waals surface area contributed by atoms with Crippen LogP contribution in [-0.2, 0) is 16.9 Å². The maximum absolute atomic E-state index is 11.9. The molecule has 1 unspecified atom stereocenters. The Balaban J connectivity index is 1.95. The number of nitrogens with two attached hydrogens (primary N) is 1. The Morgan fingerprint density at radius 3 is 2.48 bits per heavy atom. The van der Waals surface area contributed by atoms with Crippen LogP contribution in [0.3, 0.4) is 0 Å². The van der Waals surface area contributed by atoms with E-state index in [4.69, 9.17) is 5.73 Å². The number of carbonyl (C=O) groups excluding carboxylic acids is 2. The second kappa shape index (κ2) is 10.6. The van der Waals surface area contributed by atoms with Crippen molar-refractivity contribution in [3.8, 4) is 0 Å². The fraction of sp³-hybridized carbons (Fsp3) is 0.350. The molecule has 0 aliphatic rings. The standard InChI is InChI=1S/C20H27N5O3S/c1-3-22-19(25-13-20(2,28)16-8-9-29-12-16)24-10-14-4-6-15(7-5-14)18(27)23-11-17(21)26/h4-9,12,28H,3,10-11,13H2,1-2H3,(H2,21,26)(H,23,27)(H2,22,24,25). The number of carbonyl (C=O) groups is 2. The van der Waals surface area contributed by atoms with Gasteiger partial charge in [-0.3, -0.25) is 9.59 Å².